The number of aromatic amines is 2. The second kappa shape index (κ2) is 8.66. The molecule has 8 nitrogen and oxygen atoms in total. The summed E-state index contributed by atoms with van der Waals surface area (Å²) in [6.07, 6.45) is 11.8. The summed E-state index contributed by atoms with van der Waals surface area (Å²) in [4.78, 5) is 24.1. The van der Waals surface area contributed by atoms with E-state index >= 15 is 0 Å². The molecule has 7 heterocycles. The first-order valence-corrected chi connectivity index (χ1v) is 12.2. The van der Waals surface area contributed by atoms with Gasteiger partial charge in [-0.2, -0.15) is 5.10 Å². The lowest BCUT2D eigenvalue weighted by atomic mass is 10.1. The zero-order valence-electron chi connectivity index (χ0n) is 19.6. The van der Waals surface area contributed by atoms with Gasteiger partial charge in [0.05, 0.1) is 16.9 Å². The number of likely N-dealkylation sites (tertiary alicyclic amines) is 1. The van der Waals surface area contributed by atoms with Gasteiger partial charge >= 0.3 is 0 Å². The van der Waals surface area contributed by atoms with Crippen molar-refractivity contribution in [2.75, 3.05) is 13.1 Å². The van der Waals surface area contributed by atoms with Gasteiger partial charge in [0.25, 0.3) is 0 Å². The van der Waals surface area contributed by atoms with Gasteiger partial charge in [0, 0.05) is 48.5 Å². The highest BCUT2D eigenvalue weighted by Crippen LogP contribution is 2.33. The number of pyridine rings is 4. The second-order valence-corrected chi connectivity index (χ2v) is 9.27. The average molecular weight is 473 g/mol. The van der Waals surface area contributed by atoms with E-state index in [2.05, 4.69) is 47.2 Å². The van der Waals surface area contributed by atoms with Gasteiger partial charge in [-0.15, -0.1) is 0 Å². The van der Waals surface area contributed by atoms with Gasteiger partial charge < -0.3 is 4.98 Å². The smallest absolute Gasteiger partial charge is 0.138 e. The third kappa shape index (κ3) is 3.72. The molecule has 1 aliphatic rings. The molecule has 7 rings (SSSR count). The first-order chi connectivity index (χ1) is 17.8. The van der Waals surface area contributed by atoms with Crippen molar-refractivity contribution in [3.63, 3.8) is 0 Å². The Labute approximate surface area is 207 Å². The Kier molecular flexibility index (Phi) is 5.03. The van der Waals surface area contributed by atoms with Crippen LogP contribution < -0.4 is 0 Å². The third-order valence-corrected chi connectivity index (χ3v) is 6.88. The van der Waals surface area contributed by atoms with Crippen LogP contribution in [0.3, 0.4) is 0 Å². The van der Waals surface area contributed by atoms with E-state index in [0.717, 1.165) is 75.5 Å². The van der Waals surface area contributed by atoms with Crippen LogP contribution in [0.1, 0.15) is 18.4 Å². The van der Waals surface area contributed by atoms with Crippen molar-refractivity contribution in [3.05, 3.63) is 79.0 Å². The summed E-state index contributed by atoms with van der Waals surface area (Å²) in [5.74, 6) is 0. The van der Waals surface area contributed by atoms with Gasteiger partial charge in [0.15, 0.2) is 0 Å². The van der Waals surface area contributed by atoms with E-state index < -0.39 is 0 Å². The predicted molar refractivity (Wildman–Crippen MR) is 140 cm³/mol. The molecule has 2 N–H and O–H groups in total. The molecule has 0 aromatic carbocycles. The lowest BCUT2D eigenvalue weighted by Gasteiger charge is -2.14. The number of H-pyrrole nitrogens is 2. The quantitative estimate of drug-likeness (QED) is 0.357. The summed E-state index contributed by atoms with van der Waals surface area (Å²) >= 11 is 0. The molecular weight excluding hydrogens is 448 g/mol. The Balaban J connectivity index is 1.28. The van der Waals surface area contributed by atoms with Gasteiger partial charge in [0.2, 0.25) is 0 Å². The lowest BCUT2D eigenvalue weighted by molar-refractivity contribution is 0.331. The van der Waals surface area contributed by atoms with E-state index in [1.807, 2.05) is 48.9 Å². The molecule has 0 unspecified atom stereocenters. The van der Waals surface area contributed by atoms with Crippen molar-refractivity contribution in [1.82, 2.24) is 40.0 Å². The van der Waals surface area contributed by atoms with E-state index in [0.29, 0.717) is 0 Å². The zero-order valence-corrected chi connectivity index (χ0v) is 19.6. The molecule has 0 atom stereocenters. The first-order valence-electron chi connectivity index (χ1n) is 12.2. The summed E-state index contributed by atoms with van der Waals surface area (Å²) in [7, 11) is 0. The van der Waals surface area contributed by atoms with Crippen molar-refractivity contribution in [2.45, 2.75) is 19.4 Å². The molecule has 1 fully saturated rings. The van der Waals surface area contributed by atoms with Gasteiger partial charge in [-0.05, 0) is 85.1 Å². The molecule has 1 saturated heterocycles. The molecule has 6 aromatic heterocycles. The third-order valence-electron chi connectivity index (χ3n) is 6.88. The minimum Gasteiger partial charge on any atom is -0.338 e. The molecule has 0 bridgehead atoms. The Morgan fingerprint density at radius 1 is 0.861 bits per heavy atom. The minimum atomic E-state index is 0.770. The molecule has 0 saturated carbocycles. The van der Waals surface area contributed by atoms with E-state index in [9.17, 15) is 0 Å². The molecule has 0 radical (unpaired) electrons. The first kappa shape index (κ1) is 20.9. The average Bonchev–Trinajstić information content (AvgIpc) is 3.68. The van der Waals surface area contributed by atoms with Gasteiger partial charge in [-0.3, -0.25) is 20.0 Å². The summed E-state index contributed by atoms with van der Waals surface area (Å²) in [5, 5.41) is 8.77. The number of hydrogen-bond donors (Lipinski definition) is 2. The minimum absolute atomic E-state index is 0.770. The van der Waals surface area contributed by atoms with Crippen molar-refractivity contribution >= 4 is 22.1 Å². The maximum absolute atomic E-state index is 5.01. The standard InChI is InChI=1S/C28H24N8/c1-2-12-36(11-1)17-18-13-20(16-30-15-18)23-3-4-24-26(32-23)27(35-34-24)25-14-22-21(7-10-31-28(22)33-25)19-5-8-29-9-6-19/h3-10,13-16H,1-2,11-12,17H2,(H,31,33)(H,34,35). The van der Waals surface area contributed by atoms with Crippen molar-refractivity contribution in [1.29, 1.82) is 0 Å². The number of rotatable bonds is 5. The summed E-state index contributed by atoms with van der Waals surface area (Å²) < 4.78 is 0. The number of aromatic nitrogens is 7. The van der Waals surface area contributed by atoms with Crippen LogP contribution in [0.15, 0.2) is 73.4 Å². The molecule has 6 aromatic rings. The van der Waals surface area contributed by atoms with Crippen LogP contribution in [0, 0.1) is 0 Å². The molecule has 0 aliphatic carbocycles. The van der Waals surface area contributed by atoms with Crippen LogP contribution in [0.5, 0.6) is 0 Å². The van der Waals surface area contributed by atoms with E-state index in [1.165, 1.54) is 18.4 Å². The summed E-state index contributed by atoms with van der Waals surface area (Å²) in [6, 6.07) is 14.4. The van der Waals surface area contributed by atoms with Crippen LogP contribution in [0.25, 0.3) is 55.8 Å². The molecule has 0 amide bonds. The van der Waals surface area contributed by atoms with Crippen LogP contribution >= 0.6 is 0 Å². The van der Waals surface area contributed by atoms with Crippen LogP contribution in [-0.4, -0.2) is 53.1 Å². The molecule has 36 heavy (non-hydrogen) atoms. The number of fused-ring (bicyclic) bond motifs is 2. The molecule has 0 spiro atoms. The maximum Gasteiger partial charge on any atom is 0.138 e. The monoisotopic (exact) mass is 472 g/mol. The summed E-state index contributed by atoms with van der Waals surface area (Å²) in [6.45, 7) is 3.26. The fourth-order valence-electron chi connectivity index (χ4n) is 5.10. The Morgan fingerprint density at radius 3 is 2.64 bits per heavy atom. The SMILES string of the molecule is c1cc(-c2ccnc3[nH]c(-c4n[nH]c5ccc(-c6cncc(CN7CCCC7)c6)nc45)cc23)ccn1. The number of nitrogens with one attached hydrogen (secondary N) is 2. The molecular formula is C28H24N8. The highest BCUT2D eigenvalue weighted by atomic mass is 15.1. The maximum atomic E-state index is 5.01. The van der Waals surface area contributed by atoms with Gasteiger partial charge in [0.1, 0.15) is 16.9 Å². The lowest BCUT2D eigenvalue weighted by Crippen LogP contribution is -2.18. The largest absolute Gasteiger partial charge is 0.338 e. The fraction of sp³-hybridized carbons (Fsp3) is 0.179. The Hall–Kier alpha value is -4.43. The van der Waals surface area contributed by atoms with E-state index in [1.54, 1.807) is 12.4 Å². The second-order valence-electron chi connectivity index (χ2n) is 9.27. The Bertz CT molecular complexity index is 1680. The highest BCUT2D eigenvalue weighted by Gasteiger charge is 2.17. The predicted octanol–water partition coefficient (Wildman–Crippen LogP) is 5.22. The summed E-state index contributed by atoms with van der Waals surface area (Å²) in [5.41, 5.74) is 9.45. The van der Waals surface area contributed by atoms with Crippen molar-refractivity contribution in [3.8, 4) is 33.8 Å². The molecule has 176 valence electrons. The number of nitrogens with zero attached hydrogens (tertiary/aromatic N) is 6. The van der Waals surface area contributed by atoms with Crippen molar-refractivity contribution < 1.29 is 0 Å². The normalized spacial score (nSPS) is 14.2. The van der Waals surface area contributed by atoms with E-state index in [-0.39, 0.29) is 0 Å². The zero-order chi connectivity index (χ0) is 23.9. The number of hydrogen-bond acceptors (Lipinski definition) is 6. The topological polar surface area (TPSA) is 99.3 Å². The molecule has 1 aliphatic heterocycles. The van der Waals surface area contributed by atoms with Crippen LogP contribution in [-0.2, 0) is 6.54 Å². The van der Waals surface area contributed by atoms with E-state index in [4.69, 9.17) is 4.98 Å². The van der Waals surface area contributed by atoms with Crippen molar-refractivity contribution in [2.24, 2.45) is 0 Å². The van der Waals surface area contributed by atoms with Gasteiger partial charge in [-0.25, -0.2) is 9.97 Å². The Morgan fingerprint density at radius 2 is 1.75 bits per heavy atom. The van der Waals surface area contributed by atoms with Crippen LogP contribution in [0.2, 0.25) is 0 Å². The van der Waals surface area contributed by atoms with Crippen LogP contribution in [0.4, 0.5) is 0 Å². The van der Waals surface area contributed by atoms with Gasteiger partial charge in [-0.1, -0.05) is 0 Å². The highest BCUT2D eigenvalue weighted by molar-refractivity contribution is 5.98. The molecule has 8 heteroatoms. The fourth-order valence-corrected chi connectivity index (χ4v) is 5.10.